The van der Waals surface area contributed by atoms with Crippen LogP contribution in [0.2, 0.25) is 0 Å². The van der Waals surface area contributed by atoms with Crippen molar-refractivity contribution in [2.75, 3.05) is 6.54 Å². The third-order valence-corrected chi connectivity index (χ3v) is 6.56. The molecule has 0 radical (unpaired) electrons. The van der Waals surface area contributed by atoms with Crippen molar-refractivity contribution in [1.82, 2.24) is 14.4 Å². The average Bonchev–Trinajstić information content (AvgIpc) is 3.05. The third kappa shape index (κ3) is 2.17. The van der Waals surface area contributed by atoms with E-state index in [1.807, 2.05) is 0 Å². The topological polar surface area (TPSA) is 79.2 Å². The lowest BCUT2D eigenvalue weighted by molar-refractivity contribution is 0.381. The molecule has 3 heterocycles. The number of H-pyrrole nitrogens is 1. The van der Waals surface area contributed by atoms with Gasteiger partial charge in [0.05, 0.1) is 0 Å². The zero-order chi connectivity index (χ0) is 17.1. The molecule has 0 aliphatic carbocycles. The van der Waals surface area contributed by atoms with Gasteiger partial charge in [0.1, 0.15) is 16.4 Å². The maximum atomic E-state index is 13.4. The minimum Gasteiger partial charge on any atom is -0.360 e. The number of aryl methyl sites for hydroxylation is 2. The Balaban J connectivity index is 1.78. The highest BCUT2D eigenvalue weighted by molar-refractivity contribution is 7.89. The zero-order valence-electron chi connectivity index (χ0n) is 13.3. The lowest BCUT2D eigenvalue weighted by atomic mass is 10.1. The molecule has 0 atom stereocenters. The normalized spacial score (nSPS) is 15.8. The van der Waals surface area contributed by atoms with Crippen LogP contribution in [-0.2, 0) is 23.0 Å². The lowest BCUT2D eigenvalue weighted by Crippen LogP contribution is -2.36. The summed E-state index contributed by atoms with van der Waals surface area (Å²) in [5.41, 5.74) is 2.91. The Morgan fingerprint density at radius 3 is 2.83 bits per heavy atom. The predicted octanol–water partition coefficient (Wildman–Crippen LogP) is 2.66. The number of sulfonamides is 1. The first-order valence-corrected chi connectivity index (χ1v) is 9.04. The van der Waals surface area contributed by atoms with Gasteiger partial charge in [0.2, 0.25) is 10.0 Å². The van der Waals surface area contributed by atoms with Crippen molar-refractivity contribution in [3.05, 3.63) is 46.7 Å². The Morgan fingerprint density at radius 1 is 1.33 bits per heavy atom. The van der Waals surface area contributed by atoms with Crippen LogP contribution in [0, 0.1) is 19.7 Å². The zero-order valence-corrected chi connectivity index (χ0v) is 14.1. The Kier molecular flexibility index (Phi) is 3.29. The summed E-state index contributed by atoms with van der Waals surface area (Å²) in [5.74, 6) is -0.0272. The Morgan fingerprint density at radius 2 is 2.12 bits per heavy atom. The van der Waals surface area contributed by atoms with E-state index in [1.54, 1.807) is 19.9 Å². The maximum absolute atomic E-state index is 13.4. The predicted molar refractivity (Wildman–Crippen MR) is 85.5 cm³/mol. The monoisotopic (exact) mass is 349 g/mol. The van der Waals surface area contributed by atoms with E-state index in [4.69, 9.17) is 4.52 Å². The molecule has 0 saturated heterocycles. The molecule has 0 saturated carbocycles. The summed E-state index contributed by atoms with van der Waals surface area (Å²) in [7, 11) is -3.69. The second kappa shape index (κ2) is 5.15. The number of hydrogen-bond donors (Lipinski definition) is 1. The van der Waals surface area contributed by atoms with E-state index in [0.717, 1.165) is 16.6 Å². The summed E-state index contributed by atoms with van der Waals surface area (Å²) in [6.45, 7) is 3.81. The molecule has 0 spiro atoms. The van der Waals surface area contributed by atoms with Crippen LogP contribution < -0.4 is 0 Å². The second-order valence-corrected chi connectivity index (χ2v) is 7.89. The first-order valence-electron chi connectivity index (χ1n) is 7.60. The molecule has 24 heavy (non-hydrogen) atoms. The maximum Gasteiger partial charge on any atom is 0.248 e. The Labute approximate surface area is 138 Å². The van der Waals surface area contributed by atoms with Crippen molar-refractivity contribution >= 4 is 20.9 Å². The first-order chi connectivity index (χ1) is 11.4. The SMILES string of the molecule is Cc1noc(C)c1S(=O)(=O)N1CCc2[nH]c3cc(F)ccc3c2C1. The highest BCUT2D eigenvalue weighted by Gasteiger charge is 2.34. The molecule has 0 unspecified atom stereocenters. The summed E-state index contributed by atoms with van der Waals surface area (Å²) < 4.78 is 45.8. The summed E-state index contributed by atoms with van der Waals surface area (Å²) in [6, 6.07) is 4.50. The lowest BCUT2D eigenvalue weighted by Gasteiger charge is -2.26. The van der Waals surface area contributed by atoms with E-state index in [0.29, 0.717) is 29.9 Å². The van der Waals surface area contributed by atoms with Gasteiger partial charge in [-0.1, -0.05) is 5.16 Å². The number of rotatable bonds is 2. The molecular formula is C16H16FN3O3S. The molecule has 0 amide bonds. The van der Waals surface area contributed by atoms with E-state index in [9.17, 15) is 12.8 Å². The minimum absolute atomic E-state index is 0.136. The van der Waals surface area contributed by atoms with Gasteiger partial charge in [-0.15, -0.1) is 0 Å². The van der Waals surface area contributed by atoms with E-state index in [2.05, 4.69) is 10.1 Å². The summed E-state index contributed by atoms with van der Waals surface area (Å²) >= 11 is 0. The number of aromatic amines is 1. The third-order valence-electron chi connectivity index (χ3n) is 4.47. The summed E-state index contributed by atoms with van der Waals surface area (Å²) in [6.07, 6.45) is 0.550. The molecule has 3 aromatic rings. The van der Waals surface area contributed by atoms with Crippen LogP contribution in [0.3, 0.4) is 0 Å². The van der Waals surface area contributed by atoms with Gasteiger partial charge in [-0.2, -0.15) is 4.31 Å². The Hall–Kier alpha value is -2.19. The molecule has 0 bridgehead atoms. The standard InChI is InChI=1S/C16H16FN3O3S/c1-9-16(10(2)23-19-9)24(21,22)20-6-5-14-13(8-20)12-4-3-11(17)7-15(12)18-14/h3-4,7,18H,5-6,8H2,1-2H3. The van der Waals surface area contributed by atoms with E-state index in [1.165, 1.54) is 16.4 Å². The summed E-state index contributed by atoms with van der Waals surface area (Å²) in [4.78, 5) is 3.33. The van der Waals surface area contributed by atoms with Gasteiger partial charge in [0, 0.05) is 36.1 Å². The first kappa shape index (κ1) is 15.3. The highest BCUT2D eigenvalue weighted by Crippen LogP contribution is 2.32. The van der Waals surface area contributed by atoms with Gasteiger partial charge in [-0.25, -0.2) is 12.8 Å². The van der Waals surface area contributed by atoms with Crippen LogP contribution in [0.5, 0.6) is 0 Å². The molecule has 8 heteroatoms. The molecule has 1 aliphatic heterocycles. The number of benzene rings is 1. The highest BCUT2D eigenvalue weighted by atomic mass is 32.2. The number of nitrogens with zero attached hydrogens (tertiary/aromatic N) is 2. The number of aromatic nitrogens is 2. The molecule has 1 N–H and O–H groups in total. The number of nitrogens with one attached hydrogen (secondary N) is 1. The van der Waals surface area contributed by atoms with Crippen LogP contribution in [-0.4, -0.2) is 29.4 Å². The largest absolute Gasteiger partial charge is 0.360 e. The van der Waals surface area contributed by atoms with Crippen molar-refractivity contribution in [3.63, 3.8) is 0 Å². The fourth-order valence-electron chi connectivity index (χ4n) is 3.35. The molecule has 2 aromatic heterocycles. The van der Waals surface area contributed by atoms with Crippen LogP contribution in [0.1, 0.15) is 22.7 Å². The average molecular weight is 349 g/mol. The van der Waals surface area contributed by atoms with Crippen LogP contribution in [0.4, 0.5) is 4.39 Å². The molecule has 1 aromatic carbocycles. The van der Waals surface area contributed by atoms with E-state index in [-0.39, 0.29) is 17.3 Å². The van der Waals surface area contributed by atoms with E-state index >= 15 is 0 Å². The fraction of sp³-hybridized carbons (Fsp3) is 0.312. The summed E-state index contributed by atoms with van der Waals surface area (Å²) in [5, 5.41) is 4.59. The quantitative estimate of drug-likeness (QED) is 0.771. The van der Waals surface area contributed by atoms with Crippen LogP contribution >= 0.6 is 0 Å². The van der Waals surface area contributed by atoms with Crippen molar-refractivity contribution in [2.45, 2.75) is 31.7 Å². The molecular weight excluding hydrogens is 333 g/mol. The number of halogens is 1. The number of hydrogen-bond acceptors (Lipinski definition) is 4. The molecule has 126 valence electrons. The van der Waals surface area contributed by atoms with E-state index < -0.39 is 10.0 Å². The minimum atomic E-state index is -3.69. The molecule has 6 nitrogen and oxygen atoms in total. The van der Waals surface area contributed by atoms with Gasteiger partial charge in [-0.3, -0.25) is 0 Å². The van der Waals surface area contributed by atoms with Crippen molar-refractivity contribution < 1.29 is 17.3 Å². The smallest absolute Gasteiger partial charge is 0.248 e. The molecule has 0 fully saturated rings. The van der Waals surface area contributed by atoms with Gasteiger partial charge in [0.25, 0.3) is 0 Å². The van der Waals surface area contributed by atoms with Crippen molar-refractivity contribution in [3.8, 4) is 0 Å². The van der Waals surface area contributed by atoms with Crippen LogP contribution in [0.25, 0.3) is 10.9 Å². The van der Waals surface area contributed by atoms with Gasteiger partial charge < -0.3 is 9.51 Å². The van der Waals surface area contributed by atoms with Crippen molar-refractivity contribution in [1.29, 1.82) is 0 Å². The van der Waals surface area contributed by atoms with Crippen LogP contribution in [0.15, 0.2) is 27.6 Å². The molecule has 1 aliphatic rings. The fourth-order valence-corrected chi connectivity index (χ4v) is 5.05. The Bertz CT molecular complexity index is 1030. The van der Waals surface area contributed by atoms with Gasteiger partial charge in [-0.05, 0) is 37.6 Å². The number of fused-ring (bicyclic) bond motifs is 3. The van der Waals surface area contributed by atoms with Crippen molar-refractivity contribution in [2.24, 2.45) is 0 Å². The van der Waals surface area contributed by atoms with Gasteiger partial charge >= 0.3 is 0 Å². The second-order valence-electron chi connectivity index (χ2n) is 6.01. The van der Waals surface area contributed by atoms with Gasteiger partial charge in [0.15, 0.2) is 5.76 Å². The molecule has 4 rings (SSSR count).